The largest absolute Gasteiger partial charge is 0.493 e. The predicted octanol–water partition coefficient (Wildman–Crippen LogP) is 3.66. The molecule has 0 unspecified atom stereocenters. The van der Waals surface area contributed by atoms with Crippen LogP contribution in [0.2, 0.25) is 5.02 Å². The molecule has 0 bridgehead atoms. The van der Waals surface area contributed by atoms with Gasteiger partial charge in [0.2, 0.25) is 10.0 Å². The van der Waals surface area contributed by atoms with Crippen molar-refractivity contribution in [1.82, 2.24) is 14.8 Å². The normalized spacial score (nSPS) is 13.9. The second kappa shape index (κ2) is 9.47. The summed E-state index contributed by atoms with van der Waals surface area (Å²) in [5, 5.41) is 15.1. The van der Waals surface area contributed by atoms with E-state index in [1.165, 1.54) is 12.1 Å². The average molecular weight is 481 g/mol. The fraction of sp³-hybridized carbons (Fsp3) is 0.300. The van der Waals surface area contributed by atoms with Gasteiger partial charge >= 0.3 is 0 Å². The molecule has 1 aromatic heterocycles. The van der Waals surface area contributed by atoms with Crippen LogP contribution in [0, 0.1) is 0 Å². The lowest BCUT2D eigenvalue weighted by molar-refractivity contribution is 0.288. The maximum Gasteiger partial charge on any atom is 0.238 e. The van der Waals surface area contributed by atoms with E-state index in [4.69, 9.17) is 26.2 Å². The Kier molecular flexibility index (Phi) is 6.71. The first-order chi connectivity index (χ1) is 14.9. The summed E-state index contributed by atoms with van der Waals surface area (Å²) < 4.78 is 36.2. The van der Waals surface area contributed by atoms with Crippen LogP contribution in [0.5, 0.6) is 11.5 Å². The lowest BCUT2D eigenvalue weighted by atomic mass is 10.3. The quantitative estimate of drug-likeness (QED) is 0.348. The zero-order valence-electron chi connectivity index (χ0n) is 16.5. The molecule has 1 aliphatic rings. The molecule has 0 atom stereocenters. The molecule has 3 aromatic rings. The highest BCUT2D eigenvalue weighted by Crippen LogP contribution is 2.39. The van der Waals surface area contributed by atoms with Gasteiger partial charge in [-0.25, -0.2) is 13.6 Å². The van der Waals surface area contributed by atoms with Crippen molar-refractivity contribution in [3.8, 4) is 11.5 Å². The topological polar surface area (TPSA) is 109 Å². The fourth-order valence-electron chi connectivity index (χ4n) is 2.93. The van der Waals surface area contributed by atoms with Crippen LogP contribution in [0.15, 0.2) is 58.6 Å². The number of rotatable bonds is 10. The van der Waals surface area contributed by atoms with Crippen molar-refractivity contribution in [2.24, 2.45) is 5.14 Å². The Morgan fingerprint density at radius 1 is 1.10 bits per heavy atom. The van der Waals surface area contributed by atoms with Gasteiger partial charge < -0.3 is 14.0 Å². The number of primary sulfonamides is 1. The van der Waals surface area contributed by atoms with Crippen molar-refractivity contribution in [2.75, 3.05) is 12.4 Å². The number of hydrogen-bond acceptors (Lipinski definition) is 7. The van der Waals surface area contributed by atoms with Crippen molar-refractivity contribution in [2.45, 2.75) is 35.5 Å². The summed E-state index contributed by atoms with van der Waals surface area (Å²) in [4.78, 5) is 0.0540. The molecule has 1 aliphatic carbocycles. The molecule has 31 heavy (non-hydrogen) atoms. The number of thioether (sulfide) groups is 1. The molecule has 0 saturated heterocycles. The van der Waals surface area contributed by atoms with Gasteiger partial charge in [0, 0.05) is 11.8 Å². The van der Waals surface area contributed by atoms with E-state index in [2.05, 4.69) is 14.8 Å². The molecule has 164 valence electrons. The highest BCUT2D eigenvalue weighted by atomic mass is 35.5. The number of ether oxygens (including phenoxy) is 2. The van der Waals surface area contributed by atoms with E-state index in [0.717, 1.165) is 23.8 Å². The molecule has 1 saturated carbocycles. The molecule has 0 spiro atoms. The third-order valence-electron chi connectivity index (χ3n) is 4.58. The van der Waals surface area contributed by atoms with Gasteiger partial charge in [-0.1, -0.05) is 35.5 Å². The minimum absolute atomic E-state index is 0.0540. The van der Waals surface area contributed by atoms with Crippen LogP contribution < -0.4 is 14.6 Å². The van der Waals surface area contributed by atoms with Gasteiger partial charge in [-0.15, -0.1) is 10.2 Å². The number of para-hydroxylation sites is 1. The van der Waals surface area contributed by atoms with Crippen molar-refractivity contribution in [3.63, 3.8) is 0 Å². The van der Waals surface area contributed by atoms with Crippen LogP contribution >= 0.6 is 23.4 Å². The smallest absolute Gasteiger partial charge is 0.238 e. The Labute approximate surface area is 189 Å². The lowest BCUT2D eigenvalue weighted by Gasteiger charge is -2.11. The standard InChI is InChI=1S/C20H21ClN4O4S2/c21-17-3-1-2-4-18(17)29-13-19-23-24-20(25(19)14-5-6-14)30-12-11-28-15-7-9-16(10-8-15)31(22,26)27/h1-4,7-10,14H,5-6,11-13H2,(H2,22,26,27). The van der Waals surface area contributed by atoms with Crippen LogP contribution in [-0.2, 0) is 16.6 Å². The molecular weight excluding hydrogens is 460 g/mol. The Morgan fingerprint density at radius 2 is 1.84 bits per heavy atom. The molecule has 8 nitrogen and oxygen atoms in total. The first kappa shape index (κ1) is 21.9. The van der Waals surface area contributed by atoms with Gasteiger partial charge in [-0.3, -0.25) is 0 Å². The van der Waals surface area contributed by atoms with Crippen LogP contribution in [0.1, 0.15) is 24.7 Å². The summed E-state index contributed by atoms with van der Waals surface area (Å²) in [6.07, 6.45) is 2.19. The molecular formula is C20H21ClN4O4S2. The number of halogens is 1. The monoisotopic (exact) mass is 480 g/mol. The van der Waals surface area contributed by atoms with E-state index in [0.29, 0.717) is 41.5 Å². The molecule has 11 heteroatoms. The number of hydrogen-bond donors (Lipinski definition) is 1. The SMILES string of the molecule is NS(=O)(=O)c1ccc(OCCSc2nnc(COc3ccccc3Cl)n2C2CC2)cc1. The van der Waals surface area contributed by atoms with Crippen LogP contribution in [0.25, 0.3) is 0 Å². The van der Waals surface area contributed by atoms with Crippen LogP contribution in [0.3, 0.4) is 0 Å². The second-order valence-electron chi connectivity index (χ2n) is 6.93. The number of nitrogens with zero attached hydrogens (tertiary/aromatic N) is 3. The van der Waals surface area contributed by atoms with E-state index < -0.39 is 10.0 Å². The molecule has 1 heterocycles. The Morgan fingerprint density at radius 3 is 2.52 bits per heavy atom. The average Bonchev–Trinajstić information content (AvgIpc) is 3.50. The Balaban J connectivity index is 1.32. The molecule has 2 N–H and O–H groups in total. The maximum absolute atomic E-state index is 11.3. The van der Waals surface area contributed by atoms with E-state index in [1.54, 1.807) is 30.0 Å². The summed E-state index contributed by atoms with van der Waals surface area (Å²) in [6, 6.07) is 13.7. The first-order valence-corrected chi connectivity index (χ1v) is 12.5. The van der Waals surface area contributed by atoms with E-state index >= 15 is 0 Å². The third kappa shape index (κ3) is 5.70. The van der Waals surface area contributed by atoms with Crippen molar-refractivity contribution < 1.29 is 17.9 Å². The predicted molar refractivity (Wildman–Crippen MR) is 118 cm³/mol. The lowest BCUT2D eigenvalue weighted by Crippen LogP contribution is -2.11. The first-order valence-electron chi connectivity index (χ1n) is 9.61. The molecule has 2 aromatic carbocycles. The summed E-state index contributed by atoms with van der Waals surface area (Å²) in [5.74, 6) is 2.62. The number of nitrogens with two attached hydrogens (primary N) is 1. The summed E-state index contributed by atoms with van der Waals surface area (Å²) in [5.41, 5.74) is 0. The van der Waals surface area contributed by atoms with Crippen molar-refractivity contribution >= 4 is 33.4 Å². The fourth-order valence-corrected chi connectivity index (χ4v) is 4.47. The minimum Gasteiger partial charge on any atom is -0.493 e. The van der Waals surface area contributed by atoms with Gasteiger partial charge in [0.15, 0.2) is 11.0 Å². The van der Waals surface area contributed by atoms with Gasteiger partial charge in [0.05, 0.1) is 16.5 Å². The maximum atomic E-state index is 11.3. The summed E-state index contributed by atoms with van der Waals surface area (Å²) >= 11 is 7.71. The van der Waals surface area contributed by atoms with E-state index in [-0.39, 0.29) is 4.90 Å². The highest BCUT2D eigenvalue weighted by molar-refractivity contribution is 7.99. The van der Waals surface area contributed by atoms with Crippen molar-refractivity contribution in [1.29, 1.82) is 0 Å². The summed E-state index contributed by atoms with van der Waals surface area (Å²) in [6.45, 7) is 0.725. The summed E-state index contributed by atoms with van der Waals surface area (Å²) in [7, 11) is -3.71. The van der Waals surface area contributed by atoms with Crippen LogP contribution in [0.4, 0.5) is 0 Å². The molecule has 4 rings (SSSR count). The van der Waals surface area contributed by atoms with Crippen molar-refractivity contribution in [3.05, 3.63) is 59.4 Å². The third-order valence-corrected chi connectivity index (χ3v) is 6.72. The van der Waals surface area contributed by atoms with Gasteiger partial charge in [-0.2, -0.15) is 0 Å². The minimum atomic E-state index is -3.71. The van der Waals surface area contributed by atoms with Gasteiger partial charge in [-0.05, 0) is 49.2 Å². The molecule has 0 radical (unpaired) electrons. The molecule has 0 amide bonds. The molecule has 1 fully saturated rings. The van der Waals surface area contributed by atoms with Crippen LogP contribution in [-0.4, -0.2) is 35.5 Å². The Bertz CT molecular complexity index is 1150. The van der Waals surface area contributed by atoms with Gasteiger partial charge in [0.1, 0.15) is 18.1 Å². The number of sulfonamides is 1. The molecule has 0 aliphatic heterocycles. The zero-order valence-corrected chi connectivity index (χ0v) is 18.9. The second-order valence-corrected chi connectivity index (χ2v) is 9.96. The zero-order chi connectivity index (χ0) is 21.8. The highest BCUT2D eigenvalue weighted by Gasteiger charge is 2.29. The van der Waals surface area contributed by atoms with Gasteiger partial charge in [0.25, 0.3) is 0 Å². The van der Waals surface area contributed by atoms with E-state index in [1.807, 2.05) is 18.2 Å². The van der Waals surface area contributed by atoms with E-state index in [9.17, 15) is 8.42 Å². The number of aromatic nitrogens is 3. The number of benzene rings is 2. The Hall–Kier alpha value is -2.27.